The summed E-state index contributed by atoms with van der Waals surface area (Å²) in [6, 6.07) is -0.279. The van der Waals surface area contributed by atoms with Crippen molar-refractivity contribution in [2.75, 3.05) is 12.5 Å². The molecule has 1 unspecified atom stereocenters. The predicted molar refractivity (Wildman–Crippen MR) is 109 cm³/mol. The van der Waals surface area contributed by atoms with Crippen molar-refractivity contribution in [3.05, 3.63) is 34.2 Å². The number of fused-ring (bicyclic) bond motifs is 1. The van der Waals surface area contributed by atoms with Gasteiger partial charge in [-0.1, -0.05) is 6.92 Å². The Morgan fingerprint density at radius 3 is 2.50 bits per heavy atom. The Morgan fingerprint density at radius 1 is 1.37 bits per heavy atom. The van der Waals surface area contributed by atoms with E-state index in [0.717, 1.165) is 12.3 Å². The molecule has 0 spiro atoms. The molecule has 30 heavy (non-hydrogen) atoms. The van der Waals surface area contributed by atoms with Crippen molar-refractivity contribution in [3.8, 4) is 0 Å². The molecule has 1 heterocycles. The molecule has 1 aromatic heterocycles. The van der Waals surface area contributed by atoms with E-state index in [0.29, 0.717) is 12.8 Å². The van der Waals surface area contributed by atoms with Gasteiger partial charge in [0.25, 0.3) is 0 Å². The van der Waals surface area contributed by atoms with Gasteiger partial charge in [-0.25, -0.2) is 12.8 Å². The second-order valence-electron chi connectivity index (χ2n) is 7.94. The summed E-state index contributed by atoms with van der Waals surface area (Å²) in [4.78, 5) is 0. The van der Waals surface area contributed by atoms with Crippen LogP contribution < -0.4 is 4.72 Å². The summed E-state index contributed by atoms with van der Waals surface area (Å²) in [7, 11) is -4.18. The first kappa shape index (κ1) is 23.8. The van der Waals surface area contributed by atoms with Crippen LogP contribution in [0.2, 0.25) is 0 Å². The quantitative estimate of drug-likeness (QED) is 0.387. The standard InChI is InChI=1S/C18H20BrClF4N2O3S/c1-17(7-20,9-27)8-26-6-12(11-4-14(21)13(19)5-15(11)26)16(18(22,23)24)25-30(28,29)10-2-3-10/h4-6,10,16,25,27H,2-3,7-9H2,1H3/t16-,17?/m0/s1. The van der Waals surface area contributed by atoms with E-state index in [1.165, 1.54) is 10.6 Å². The number of aliphatic hydroxyl groups is 1. The van der Waals surface area contributed by atoms with E-state index in [1.807, 2.05) is 0 Å². The summed E-state index contributed by atoms with van der Waals surface area (Å²) in [5.41, 5.74) is -1.02. The lowest BCUT2D eigenvalue weighted by Gasteiger charge is -2.25. The molecule has 2 aromatic rings. The molecule has 3 rings (SSSR count). The number of sulfonamides is 1. The summed E-state index contributed by atoms with van der Waals surface area (Å²) < 4.78 is 83.7. The largest absolute Gasteiger partial charge is 0.408 e. The normalized spacial score (nSPS) is 18.5. The van der Waals surface area contributed by atoms with E-state index >= 15 is 0 Å². The van der Waals surface area contributed by atoms with Crippen LogP contribution in [-0.4, -0.2) is 42.0 Å². The van der Waals surface area contributed by atoms with Crippen molar-refractivity contribution in [3.63, 3.8) is 0 Å². The van der Waals surface area contributed by atoms with Gasteiger partial charge in [-0.2, -0.15) is 17.9 Å². The van der Waals surface area contributed by atoms with Crippen molar-refractivity contribution >= 4 is 48.5 Å². The molecule has 1 aromatic carbocycles. The summed E-state index contributed by atoms with van der Waals surface area (Å²) in [6.45, 7) is 1.37. The minimum absolute atomic E-state index is 0.0257. The van der Waals surface area contributed by atoms with Gasteiger partial charge >= 0.3 is 6.18 Å². The zero-order valence-electron chi connectivity index (χ0n) is 15.8. The Bertz CT molecular complexity index is 1050. The molecule has 12 heteroatoms. The Hall–Kier alpha value is -0.880. The minimum Gasteiger partial charge on any atom is -0.396 e. The number of hydrogen-bond donors (Lipinski definition) is 2. The fraction of sp³-hybridized carbons (Fsp3) is 0.556. The van der Waals surface area contributed by atoms with Crippen LogP contribution in [0, 0.1) is 11.2 Å². The fourth-order valence-corrected chi connectivity index (χ4v) is 5.20. The monoisotopic (exact) mass is 534 g/mol. The number of alkyl halides is 4. The highest BCUT2D eigenvalue weighted by Crippen LogP contribution is 2.41. The van der Waals surface area contributed by atoms with Gasteiger partial charge in [-0.3, -0.25) is 0 Å². The maximum Gasteiger partial charge on any atom is 0.408 e. The maximum atomic E-state index is 14.2. The second-order valence-corrected chi connectivity index (χ2v) is 11.0. The van der Waals surface area contributed by atoms with E-state index in [2.05, 4.69) is 15.9 Å². The van der Waals surface area contributed by atoms with Gasteiger partial charge in [0.2, 0.25) is 10.0 Å². The van der Waals surface area contributed by atoms with Crippen LogP contribution in [0.5, 0.6) is 0 Å². The number of aliphatic hydroxyl groups excluding tert-OH is 1. The highest BCUT2D eigenvalue weighted by atomic mass is 79.9. The number of halogens is 6. The topological polar surface area (TPSA) is 71.3 Å². The minimum atomic E-state index is -4.95. The van der Waals surface area contributed by atoms with Crippen molar-refractivity contribution in [2.24, 2.45) is 5.41 Å². The number of nitrogens with one attached hydrogen (secondary N) is 1. The van der Waals surface area contributed by atoms with Crippen molar-refractivity contribution in [1.29, 1.82) is 0 Å². The van der Waals surface area contributed by atoms with Crippen LogP contribution >= 0.6 is 27.5 Å². The maximum absolute atomic E-state index is 14.2. The first-order valence-corrected chi connectivity index (χ1v) is 11.9. The molecule has 0 saturated heterocycles. The highest BCUT2D eigenvalue weighted by Gasteiger charge is 2.48. The third-order valence-electron chi connectivity index (χ3n) is 5.09. The van der Waals surface area contributed by atoms with Crippen LogP contribution in [-0.2, 0) is 16.6 Å². The molecule has 0 radical (unpaired) electrons. The van der Waals surface area contributed by atoms with Crippen LogP contribution in [0.15, 0.2) is 22.8 Å². The summed E-state index contributed by atoms with van der Waals surface area (Å²) in [5.74, 6) is -0.757. The third-order valence-corrected chi connectivity index (χ3v) is 8.26. The smallest absolute Gasteiger partial charge is 0.396 e. The van der Waals surface area contributed by atoms with Gasteiger partial charge in [-0.05, 0) is 40.9 Å². The highest BCUT2D eigenvalue weighted by molar-refractivity contribution is 9.10. The Kier molecular flexibility index (Phi) is 6.53. The van der Waals surface area contributed by atoms with E-state index in [-0.39, 0.29) is 34.4 Å². The van der Waals surface area contributed by atoms with E-state index in [4.69, 9.17) is 11.6 Å². The number of benzene rings is 1. The van der Waals surface area contributed by atoms with Gasteiger partial charge < -0.3 is 9.67 Å². The molecular formula is C18H20BrClF4N2O3S. The van der Waals surface area contributed by atoms with Crippen molar-refractivity contribution in [1.82, 2.24) is 9.29 Å². The summed E-state index contributed by atoms with van der Waals surface area (Å²) >= 11 is 8.95. The number of aromatic nitrogens is 1. The van der Waals surface area contributed by atoms with Gasteiger partial charge in [0, 0.05) is 40.5 Å². The number of rotatable bonds is 8. The predicted octanol–water partition coefficient (Wildman–Crippen LogP) is 4.47. The molecule has 2 N–H and O–H groups in total. The number of hydrogen-bond acceptors (Lipinski definition) is 3. The molecule has 5 nitrogen and oxygen atoms in total. The number of nitrogens with zero attached hydrogens (tertiary/aromatic N) is 1. The van der Waals surface area contributed by atoms with Crippen molar-refractivity contribution < 1.29 is 31.1 Å². The zero-order valence-corrected chi connectivity index (χ0v) is 19.0. The molecule has 0 aliphatic heterocycles. The first-order chi connectivity index (χ1) is 13.8. The molecule has 2 atom stereocenters. The SMILES string of the molecule is CC(CO)(CCl)Cn1cc([C@H](NS(=O)(=O)C2CC2)C(F)(F)F)c2cc(F)c(Br)cc21. The van der Waals surface area contributed by atoms with Gasteiger partial charge in [0.15, 0.2) is 0 Å². The van der Waals surface area contributed by atoms with E-state index in [1.54, 1.807) is 11.6 Å². The lowest BCUT2D eigenvalue weighted by atomic mass is 9.94. The van der Waals surface area contributed by atoms with E-state index < -0.39 is 44.3 Å². The Morgan fingerprint density at radius 2 is 2.00 bits per heavy atom. The van der Waals surface area contributed by atoms with Gasteiger partial charge in [0.05, 0.1) is 16.3 Å². The second kappa shape index (κ2) is 8.23. The van der Waals surface area contributed by atoms with Crippen molar-refractivity contribution in [2.45, 2.75) is 43.8 Å². The molecule has 1 saturated carbocycles. The molecule has 1 aliphatic carbocycles. The Labute approximate surface area is 184 Å². The first-order valence-electron chi connectivity index (χ1n) is 9.04. The molecule has 1 fully saturated rings. The van der Waals surface area contributed by atoms with E-state index in [9.17, 15) is 31.1 Å². The van der Waals surface area contributed by atoms with Crippen LogP contribution in [0.3, 0.4) is 0 Å². The summed E-state index contributed by atoms with van der Waals surface area (Å²) in [6.07, 6.45) is -3.20. The molecule has 0 bridgehead atoms. The molecule has 168 valence electrons. The zero-order chi connectivity index (χ0) is 22.5. The van der Waals surface area contributed by atoms with Crippen LogP contribution in [0.4, 0.5) is 17.6 Å². The van der Waals surface area contributed by atoms with Gasteiger partial charge in [-0.15, -0.1) is 11.6 Å². The third kappa shape index (κ3) is 4.79. The average Bonchev–Trinajstić information content (AvgIpc) is 3.46. The average molecular weight is 536 g/mol. The van der Waals surface area contributed by atoms with Gasteiger partial charge in [0.1, 0.15) is 11.9 Å². The van der Waals surface area contributed by atoms with Crippen LogP contribution in [0.1, 0.15) is 31.4 Å². The van der Waals surface area contributed by atoms with Crippen LogP contribution in [0.25, 0.3) is 10.9 Å². The molecule has 0 amide bonds. The summed E-state index contributed by atoms with van der Waals surface area (Å²) in [5, 5.41) is 8.72. The molecule has 1 aliphatic rings. The fourth-order valence-electron chi connectivity index (χ4n) is 3.16. The molecular weight excluding hydrogens is 516 g/mol. The lowest BCUT2D eigenvalue weighted by Crippen LogP contribution is -2.39. The Balaban J connectivity index is 2.18. The lowest BCUT2D eigenvalue weighted by molar-refractivity contribution is -0.152.